The van der Waals surface area contributed by atoms with Gasteiger partial charge in [0.25, 0.3) is 0 Å². The predicted octanol–water partition coefficient (Wildman–Crippen LogP) is 1.62. The van der Waals surface area contributed by atoms with Gasteiger partial charge < -0.3 is 14.6 Å². The second-order valence-electron chi connectivity index (χ2n) is 4.87. The van der Waals surface area contributed by atoms with Gasteiger partial charge in [0, 0.05) is 20.1 Å². The molecule has 1 aliphatic rings. The Balaban J connectivity index is 1.98. The lowest BCUT2D eigenvalue weighted by atomic mass is 10.1. The van der Waals surface area contributed by atoms with Crippen LogP contribution in [0.5, 0.6) is 0 Å². The quantitative estimate of drug-likeness (QED) is 0.894. The predicted molar refractivity (Wildman–Crippen MR) is 68.6 cm³/mol. The number of imidazole rings is 1. The highest BCUT2D eigenvalue weighted by Crippen LogP contribution is 2.26. The van der Waals surface area contributed by atoms with Crippen molar-refractivity contribution in [2.24, 2.45) is 13.0 Å². The summed E-state index contributed by atoms with van der Waals surface area (Å²) in [5, 5.41) is 9.02. The normalized spacial score (nSPS) is 19.3. The molecule has 0 radical (unpaired) electrons. The molecule has 0 saturated carbocycles. The molecule has 1 aromatic carbocycles. The van der Waals surface area contributed by atoms with Crippen molar-refractivity contribution in [2.45, 2.75) is 6.42 Å². The van der Waals surface area contributed by atoms with Gasteiger partial charge in [-0.3, -0.25) is 4.79 Å². The third-order valence-corrected chi connectivity index (χ3v) is 3.64. The molecule has 1 saturated heterocycles. The zero-order valence-corrected chi connectivity index (χ0v) is 10.5. The summed E-state index contributed by atoms with van der Waals surface area (Å²) in [5.74, 6) is -0.722. The van der Waals surface area contributed by atoms with E-state index in [-0.39, 0.29) is 11.7 Å². The molecular weight excluding hydrogens is 249 g/mol. The molecule has 3 rings (SSSR count). The Morgan fingerprint density at radius 1 is 1.53 bits per heavy atom. The van der Waals surface area contributed by atoms with E-state index in [2.05, 4.69) is 4.98 Å². The fourth-order valence-corrected chi connectivity index (χ4v) is 2.58. The maximum absolute atomic E-state index is 13.2. The van der Waals surface area contributed by atoms with Gasteiger partial charge in [-0.2, -0.15) is 0 Å². The Kier molecular flexibility index (Phi) is 2.66. The van der Waals surface area contributed by atoms with Crippen molar-refractivity contribution >= 4 is 23.0 Å². The number of anilines is 1. The van der Waals surface area contributed by atoms with Crippen molar-refractivity contribution in [3.63, 3.8) is 0 Å². The second-order valence-corrected chi connectivity index (χ2v) is 4.87. The van der Waals surface area contributed by atoms with Crippen LogP contribution in [-0.2, 0) is 11.8 Å². The molecule has 2 aromatic rings. The summed E-state index contributed by atoms with van der Waals surface area (Å²) in [6.45, 7) is 1.12. The van der Waals surface area contributed by atoms with Crippen LogP contribution in [0.15, 0.2) is 18.2 Å². The summed E-state index contributed by atoms with van der Waals surface area (Å²) in [4.78, 5) is 17.4. The van der Waals surface area contributed by atoms with Crippen molar-refractivity contribution in [1.82, 2.24) is 9.55 Å². The van der Waals surface area contributed by atoms with Gasteiger partial charge in [0.2, 0.25) is 5.95 Å². The van der Waals surface area contributed by atoms with Crippen molar-refractivity contribution in [3.05, 3.63) is 24.0 Å². The molecule has 19 heavy (non-hydrogen) atoms. The molecule has 2 heterocycles. The van der Waals surface area contributed by atoms with Crippen LogP contribution in [0.3, 0.4) is 0 Å². The van der Waals surface area contributed by atoms with Crippen LogP contribution in [0.2, 0.25) is 0 Å². The molecule has 0 spiro atoms. The number of benzene rings is 1. The lowest BCUT2D eigenvalue weighted by molar-refractivity contribution is -0.140. The number of halogens is 1. The molecule has 5 nitrogen and oxygen atoms in total. The molecule has 1 fully saturated rings. The van der Waals surface area contributed by atoms with Crippen LogP contribution in [0, 0.1) is 11.7 Å². The monoisotopic (exact) mass is 263 g/mol. The standard InChI is InChI=1S/C13H14FN3O2/c1-16-11-6-9(14)2-3-10(11)15-13(16)17-5-4-8(7-17)12(18)19/h2-3,6,8H,4-5,7H2,1H3,(H,18,19). The molecule has 100 valence electrons. The molecule has 1 aromatic heterocycles. The third kappa shape index (κ3) is 1.93. The highest BCUT2D eigenvalue weighted by atomic mass is 19.1. The van der Waals surface area contributed by atoms with Crippen molar-refractivity contribution in [1.29, 1.82) is 0 Å². The van der Waals surface area contributed by atoms with E-state index >= 15 is 0 Å². The third-order valence-electron chi connectivity index (χ3n) is 3.64. The van der Waals surface area contributed by atoms with Gasteiger partial charge in [-0.1, -0.05) is 0 Å². The maximum atomic E-state index is 13.2. The first kappa shape index (κ1) is 12.0. The molecule has 1 atom stereocenters. The molecule has 1 aliphatic heterocycles. The summed E-state index contributed by atoms with van der Waals surface area (Å²) in [6, 6.07) is 4.46. The molecule has 1 unspecified atom stereocenters. The fraction of sp³-hybridized carbons (Fsp3) is 0.385. The lowest BCUT2D eigenvalue weighted by Crippen LogP contribution is -2.25. The minimum absolute atomic E-state index is 0.299. The van der Waals surface area contributed by atoms with E-state index < -0.39 is 5.97 Å². The van der Waals surface area contributed by atoms with Crippen molar-refractivity contribution < 1.29 is 14.3 Å². The summed E-state index contributed by atoms with van der Waals surface area (Å²) < 4.78 is 15.0. The Bertz CT molecular complexity index is 653. The number of aromatic nitrogens is 2. The Morgan fingerprint density at radius 2 is 2.32 bits per heavy atom. The van der Waals surface area contributed by atoms with Crippen LogP contribution < -0.4 is 4.90 Å². The van der Waals surface area contributed by atoms with Crippen LogP contribution in [0.25, 0.3) is 11.0 Å². The van der Waals surface area contributed by atoms with Gasteiger partial charge in [0.05, 0.1) is 17.0 Å². The van der Waals surface area contributed by atoms with Gasteiger partial charge in [-0.05, 0) is 24.6 Å². The molecule has 0 amide bonds. The first-order chi connectivity index (χ1) is 9.06. The summed E-state index contributed by atoms with van der Waals surface area (Å²) in [5.41, 5.74) is 1.44. The topological polar surface area (TPSA) is 58.4 Å². The number of fused-ring (bicyclic) bond motifs is 1. The highest BCUT2D eigenvalue weighted by Gasteiger charge is 2.30. The number of nitrogens with zero attached hydrogens (tertiary/aromatic N) is 3. The number of aliphatic carboxylic acids is 1. The van der Waals surface area contributed by atoms with Crippen molar-refractivity contribution in [3.8, 4) is 0 Å². The maximum Gasteiger partial charge on any atom is 0.308 e. The molecule has 0 aliphatic carbocycles. The zero-order valence-electron chi connectivity index (χ0n) is 10.5. The summed E-state index contributed by atoms with van der Waals surface area (Å²) >= 11 is 0. The zero-order chi connectivity index (χ0) is 13.6. The van der Waals surface area contributed by atoms with E-state index in [9.17, 15) is 9.18 Å². The van der Waals surface area contributed by atoms with Gasteiger partial charge in [-0.25, -0.2) is 9.37 Å². The van der Waals surface area contributed by atoms with Gasteiger partial charge in [-0.15, -0.1) is 0 Å². The van der Waals surface area contributed by atoms with E-state index in [1.54, 1.807) is 6.07 Å². The molecule has 0 bridgehead atoms. The summed E-state index contributed by atoms with van der Waals surface area (Å²) in [6.07, 6.45) is 0.618. The van der Waals surface area contributed by atoms with E-state index in [1.165, 1.54) is 12.1 Å². The number of hydrogen-bond donors (Lipinski definition) is 1. The van der Waals surface area contributed by atoms with Crippen LogP contribution >= 0.6 is 0 Å². The Morgan fingerprint density at radius 3 is 3.00 bits per heavy atom. The largest absolute Gasteiger partial charge is 0.481 e. The van der Waals surface area contributed by atoms with Gasteiger partial charge >= 0.3 is 5.97 Å². The number of carboxylic acid groups (broad SMARTS) is 1. The number of carboxylic acids is 1. The lowest BCUT2D eigenvalue weighted by Gasteiger charge is -2.16. The SMILES string of the molecule is Cn1c(N2CCC(C(=O)O)C2)nc2ccc(F)cc21. The number of carbonyl (C=O) groups is 1. The fourth-order valence-electron chi connectivity index (χ4n) is 2.58. The van der Waals surface area contributed by atoms with Gasteiger partial charge in [0.15, 0.2) is 0 Å². The Hall–Kier alpha value is -2.11. The van der Waals surface area contributed by atoms with Crippen molar-refractivity contribution in [2.75, 3.05) is 18.0 Å². The summed E-state index contributed by atoms with van der Waals surface area (Å²) in [7, 11) is 1.82. The van der Waals surface area contributed by atoms with Crippen LogP contribution in [0.4, 0.5) is 10.3 Å². The van der Waals surface area contributed by atoms with E-state index in [1.807, 2.05) is 16.5 Å². The first-order valence-electron chi connectivity index (χ1n) is 6.16. The molecule has 1 N–H and O–H groups in total. The highest BCUT2D eigenvalue weighted by molar-refractivity contribution is 5.79. The molecule has 6 heteroatoms. The van der Waals surface area contributed by atoms with Crippen LogP contribution in [0.1, 0.15) is 6.42 Å². The smallest absolute Gasteiger partial charge is 0.308 e. The minimum Gasteiger partial charge on any atom is -0.481 e. The first-order valence-corrected chi connectivity index (χ1v) is 6.16. The van der Waals surface area contributed by atoms with Crippen LogP contribution in [-0.4, -0.2) is 33.7 Å². The minimum atomic E-state index is -0.771. The second kappa shape index (κ2) is 4.22. The number of rotatable bonds is 2. The number of aryl methyl sites for hydroxylation is 1. The van der Waals surface area contributed by atoms with E-state index in [4.69, 9.17) is 5.11 Å². The number of hydrogen-bond acceptors (Lipinski definition) is 3. The molecular formula is C13H14FN3O2. The average Bonchev–Trinajstić information content (AvgIpc) is 2.95. The average molecular weight is 263 g/mol. The van der Waals surface area contributed by atoms with Gasteiger partial charge in [0.1, 0.15) is 5.82 Å². The van der Waals surface area contributed by atoms with E-state index in [0.717, 1.165) is 5.52 Å². The Labute approximate surface area is 109 Å². The van der Waals surface area contributed by atoms with E-state index in [0.29, 0.717) is 31.0 Å².